The zero-order valence-corrected chi connectivity index (χ0v) is 10.8. The maximum atomic E-state index is 5.71. The van der Waals surface area contributed by atoms with E-state index in [9.17, 15) is 0 Å². The van der Waals surface area contributed by atoms with Gasteiger partial charge in [-0.3, -0.25) is 0 Å². The van der Waals surface area contributed by atoms with Crippen LogP contribution < -0.4 is 5.32 Å². The van der Waals surface area contributed by atoms with Crippen LogP contribution in [0.5, 0.6) is 0 Å². The zero-order chi connectivity index (χ0) is 12.3. The normalized spacial score (nSPS) is 23.1. The molecule has 1 unspecified atom stereocenters. The van der Waals surface area contributed by atoms with Crippen LogP contribution in [0.15, 0.2) is 12.4 Å². The summed E-state index contributed by atoms with van der Waals surface area (Å²) in [6, 6.07) is 0. The van der Waals surface area contributed by atoms with E-state index in [0.29, 0.717) is 6.61 Å². The van der Waals surface area contributed by atoms with Gasteiger partial charge in [0.2, 0.25) is 0 Å². The van der Waals surface area contributed by atoms with Gasteiger partial charge in [0, 0.05) is 25.5 Å². The number of nitrogens with zero attached hydrogens (tertiary/aromatic N) is 2. The molecule has 1 aromatic rings. The molecule has 1 aliphatic rings. The highest BCUT2D eigenvalue weighted by molar-refractivity contribution is 4.91. The van der Waals surface area contributed by atoms with Gasteiger partial charge < -0.3 is 19.4 Å². The lowest BCUT2D eigenvalue weighted by Crippen LogP contribution is -2.30. The Bertz CT molecular complexity index is 362. The van der Waals surface area contributed by atoms with E-state index in [1.54, 1.807) is 0 Å². The van der Waals surface area contributed by atoms with E-state index in [2.05, 4.69) is 21.8 Å². The average Bonchev–Trinajstić information content (AvgIpc) is 2.85. The summed E-state index contributed by atoms with van der Waals surface area (Å²) in [6.45, 7) is 9.16. The Hall–Kier alpha value is -0.910. The molecule has 2 heterocycles. The zero-order valence-electron chi connectivity index (χ0n) is 10.8. The minimum absolute atomic E-state index is 0.134. The standard InChI is InChI=1S/C12H21N3O2/c1-4-15-6-5-14-11(15)8-13-7-10-9-16-12(2,3)17-10/h5-6,10,13H,4,7-9H2,1-3H3. The first-order chi connectivity index (χ1) is 8.11. The molecule has 1 N–H and O–H groups in total. The minimum atomic E-state index is -0.436. The number of rotatable bonds is 5. The monoisotopic (exact) mass is 239 g/mol. The lowest BCUT2D eigenvalue weighted by atomic mass is 10.3. The van der Waals surface area contributed by atoms with Crippen molar-refractivity contribution in [2.45, 2.75) is 45.8 Å². The average molecular weight is 239 g/mol. The number of ether oxygens (including phenoxy) is 2. The van der Waals surface area contributed by atoms with Crippen LogP contribution in [0.3, 0.4) is 0 Å². The third-order valence-electron chi connectivity index (χ3n) is 2.86. The Kier molecular flexibility index (Phi) is 3.81. The van der Waals surface area contributed by atoms with Gasteiger partial charge in [0.15, 0.2) is 5.79 Å². The fraction of sp³-hybridized carbons (Fsp3) is 0.750. The number of aromatic nitrogens is 2. The van der Waals surface area contributed by atoms with Gasteiger partial charge in [0.1, 0.15) is 5.82 Å². The molecule has 1 fully saturated rings. The number of hydrogen-bond acceptors (Lipinski definition) is 4. The molecule has 1 atom stereocenters. The fourth-order valence-corrected chi connectivity index (χ4v) is 2.00. The summed E-state index contributed by atoms with van der Waals surface area (Å²) in [4.78, 5) is 4.31. The molecule has 96 valence electrons. The fourth-order valence-electron chi connectivity index (χ4n) is 2.00. The summed E-state index contributed by atoms with van der Waals surface area (Å²) in [7, 11) is 0. The van der Waals surface area contributed by atoms with Gasteiger partial charge >= 0.3 is 0 Å². The summed E-state index contributed by atoms with van der Waals surface area (Å²) in [5.41, 5.74) is 0. The van der Waals surface area contributed by atoms with Gasteiger partial charge in [-0.15, -0.1) is 0 Å². The number of nitrogens with one attached hydrogen (secondary N) is 1. The quantitative estimate of drug-likeness (QED) is 0.837. The Morgan fingerprint density at radius 3 is 3.06 bits per heavy atom. The highest BCUT2D eigenvalue weighted by atomic mass is 16.7. The molecule has 0 aliphatic carbocycles. The summed E-state index contributed by atoms with van der Waals surface area (Å²) in [6.07, 6.45) is 3.96. The smallest absolute Gasteiger partial charge is 0.163 e. The van der Waals surface area contributed by atoms with E-state index in [4.69, 9.17) is 9.47 Å². The number of imidazole rings is 1. The summed E-state index contributed by atoms with van der Waals surface area (Å²) >= 11 is 0. The second kappa shape index (κ2) is 5.16. The third kappa shape index (κ3) is 3.28. The van der Waals surface area contributed by atoms with E-state index >= 15 is 0 Å². The summed E-state index contributed by atoms with van der Waals surface area (Å²) in [5, 5.41) is 3.35. The van der Waals surface area contributed by atoms with Crippen molar-refractivity contribution in [1.29, 1.82) is 0 Å². The molecule has 0 bridgehead atoms. The van der Waals surface area contributed by atoms with Crippen LogP contribution in [0.4, 0.5) is 0 Å². The van der Waals surface area contributed by atoms with Crippen LogP contribution in [0, 0.1) is 0 Å². The van der Waals surface area contributed by atoms with Crippen molar-refractivity contribution in [1.82, 2.24) is 14.9 Å². The second-order valence-corrected chi connectivity index (χ2v) is 4.71. The van der Waals surface area contributed by atoms with E-state index in [0.717, 1.165) is 25.5 Å². The Labute approximate surface area is 102 Å². The van der Waals surface area contributed by atoms with E-state index in [1.807, 2.05) is 26.2 Å². The maximum Gasteiger partial charge on any atom is 0.163 e. The Morgan fingerprint density at radius 2 is 2.41 bits per heavy atom. The molecular weight excluding hydrogens is 218 g/mol. The van der Waals surface area contributed by atoms with Gasteiger partial charge in [0.05, 0.1) is 19.3 Å². The summed E-state index contributed by atoms with van der Waals surface area (Å²) < 4.78 is 13.3. The second-order valence-electron chi connectivity index (χ2n) is 4.71. The first-order valence-electron chi connectivity index (χ1n) is 6.13. The molecule has 0 amide bonds. The summed E-state index contributed by atoms with van der Waals surface area (Å²) in [5.74, 6) is 0.625. The third-order valence-corrected chi connectivity index (χ3v) is 2.86. The Balaban J connectivity index is 1.73. The molecule has 0 aromatic carbocycles. The largest absolute Gasteiger partial charge is 0.348 e. The van der Waals surface area contributed by atoms with Crippen LogP contribution in [0.2, 0.25) is 0 Å². The van der Waals surface area contributed by atoms with Crippen LogP contribution in [-0.2, 0) is 22.6 Å². The van der Waals surface area contributed by atoms with Crippen molar-refractivity contribution in [3.05, 3.63) is 18.2 Å². The molecule has 1 saturated heterocycles. The van der Waals surface area contributed by atoms with Gasteiger partial charge in [0.25, 0.3) is 0 Å². The van der Waals surface area contributed by atoms with Gasteiger partial charge in [-0.2, -0.15) is 0 Å². The van der Waals surface area contributed by atoms with Crippen molar-refractivity contribution in [2.24, 2.45) is 0 Å². The predicted molar refractivity (Wildman–Crippen MR) is 64.5 cm³/mol. The van der Waals surface area contributed by atoms with Crippen molar-refractivity contribution < 1.29 is 9.47 Å². The molecule has 2 rings (SSSR count). The van der Waals surface area contributed by atoms with Crippen LogP contribution in [0.25, 0.3) is 0 Å². The van der Waals surface area contributed by atoms with Gasteiger partial charge in [-0.25, -0.2) is 4.98 Å². The van der Waals surface area contributed by atoms with Crippen LogP contribution in [0.1, 0.15) is 26.6 Å². The van der Waals surface area contributed by atoms with Crippen LogP contribution >= 0.6 is 0 Å². The first-order valence-corrected chi connectivity index (χ1v) is 6.13. The number of aryl methyl sites for hydroxylation is 1. The predicted octanol–water partition coefficient (Wildman–Crippen LogP) is 1.14. The molecule has 17 heavy (non-hydrogen) atoms. The molecule has 0 saturated carbocycles. The highest BCUT2D eigenvalue weighted by Crippen LogP contribution is 2.21. The molecule has 0 spiro atoms. The highest BCUT2D eigenvalue weighted by Gasteiger charge is 2.32. The van der Waals surface area contributed by atoms with Gasteiger partial charge in [-0.1, -0.05) is 0 Å². The first kappa shape index (κ1) is 12.5. The molecule has 5 nitrogen and oxygen atoms in total. The Morgan fingerprint density at radius 1 is 1.59 bits per heavy atom. The van der Waals surface area contributed by atoms with Gasteiger partial charge in [-0.05, 0) is 20.8 Å². The molecule has 1 aromatic heterocycles. The molecule has 1 aliphatic heterocycles. The molecular formula is C12H21N3O2. The van der Waals surface area contributed by atoms with E-state index in [1.165, 1.54) is 0 Å². The SMILES string of the molecule is CCn1ccnc1CNCC1COC(C)(C)O1. The molecule has 5 heteroatoms. The lowest BCUT2D eigenvalue weighted by molar-refractivity contribution is -0.137. The van der Waals surface area contributed by atoms with Crippen molar-refractivity contribution in [3.8, 4) is 0 Å². The van der Waals surface area contributed by atoms with Crippen LogP contribution in [-0.4, -0.2) is 34.6 Å². The van der Waals surface area contributed by atoms with E-state index < -0.39 is 5.79 Å². The maximum absolute atomic E-state index is 5.71. The van der Waals surface area contributed by atoms with Crippen molar-refractivity contribution in [2.75, 3.05) is 13.2 Å². The molecule has 0 radical (unpaired) electrons. The van der Waals surface area contributed by atoms with Crippen molar-refractivity contribution in [3.63, 3.8) is 0 Å². The minimum Gasteiger partial charge on any atom is -0.348 e. The van der Waals surface area contributed by atoms with E-state index in [-0.39, 0.29) is 6.10 Å². The lowest BCUT2D eigenvalue weighted by Gasteiger charge is -2.17. The van der Waals surface area contributed by atoms with Crippen molar-refractivity contribution >= 4 is 0 Å². The topological polar surface area (TPSA) is 48.3 Å². The number of hydrogen-bond donors (Lipinski definition) is 1.